The van der Waals surface area contributed by atoms with E-state index in [-0.39, 0.29) is 17.7 Å². The van der Waals surface area contributed by atoms with Crippen molar-refractivity contribution in [3.05, 3.63) is 52.3 Å². The number of amides is 1. The highest BCUT2D eigenvalue weighted by Gasteiger charge is 2.32. The molecule has 4 heterocycles. The van der Waals surface area contributed by atoms with Crippen LogP contribution >= 0.6 is 0 Å². The van der Waals surface area contributed by atoms with Crippen molar-refractivity contribution in [2.24, 2.45) is 0 Å². The van der Waals surface area contributed by atoms with Crippen LogP contribution in [0.25, 0.3) is 11.0 Å². The van der Waals surface area contributed by atoms with E-state index in [1.54, 1.807) is 10.6 Å². The Morgan fingerprint density at radius 3 is 2.82 bits per heavy atom. The van der Waals surface area contributed by atoms with E-state index in [0.717, 1.165) is 5.69 Å². The minimum absolute atomic E-state index is 0.0522. The van der Waals surface area contributed by atoms with E-state index >= 15 is 0 Å². The lowest BCUT2D eigenvalue weighted by atomic mass is 9.95. The number of piperidine rings is 1. The van der Waals surface area contributed by atoms with Crippen molar-refractivity contribution in [2.45, 2.75) is 64.3 Å². The maximum Gasteiger partial charge on any atom is 0.407 e. The number of fused-ring (bicyclic) bond motifs is 2. The first-order valence-corrected chi connectivity index (χ1v) is 13.1. The van der Waals surface area contributed by atoms with Crippen molar-refractivity contribution in [3.8, 4) is 11.6 Å². The van der Waals surface area contributed by atoms with Crippen molar-refractivity contribution >= 4 is 17.1 Å². The van der Waals surface area contributed by atoms with Gasteiger partial charge in [-0.25, -0.2) is 14.2 Å². The number of ether oxygens (including phenoxy) is 3. The third kappa shape index (κ3) is 6.62. The summed E-state index contributed by atoms with van der Waals surface area (Å²) in [4.78, 5) is 31.5. The lowest BCUT2D eigenvalue weighted by Gasteiger charge is -2.39. The Bertz CT molecular complexity index is 1410. The minimum atomic E-state index is -0.448. The molecule has 1 fully saturated rings. The zero-order valence-corrected chi connectivity index (χ0v) is 22.4. The number of halogens is 1. The van der Waals surface area contributed by atoms with Gasteiger partial charge in [-0.05, 0) is 45.4 Å². The molecule has 2 aliphatic rings. The number of carbonyl (C=O) groups is 1. The summed E-state index contributed by atoms with van der Waals surface area (Å²) < 4.78 is 32.5. The number of hydrogen-bond acceptors (Lipinski definition) is 9. The molecule has 2 aliphatic heterocycles. The molecule has 2 aromatic heterocycles. The molecule has 2 atom stereocenters. The third-order valence-corrected chi connectivity index (χ3v) is 6.76. The summed E-state index contributed by atoms with van der Waals surface area (Å²) in [6.07, 6.45) is 2.28. The quantitative estimate of drug-likeness (QED) is 0.503. The number of benzene rings is 1. The number of likely N-dealkylation sites (tertiary alicyclic amines) is 1. The van der Waals surface area contributed by atoms with Gasteiger partial charge >= 0.3 is 6.09 Å². The molecule has 0 spiro atoms. The highest BCUT2D eigenvalue weighted by atomic mass is 19.1. The van der Waals surface area contributed by atoms with Crippen molar-refractivity contribution < 1.29 is 23.4 Å². The van der Waals surface area contributed by atoms with Crippen molar-refractivity contribution in [1.29, 1.82) is 0 Å². The topological polar surface area (TPSA) is 121 Å². The largest absolute Gasteiger partial charge is 0.484 e. The molecule has 1 aromatic carbocycles. The molecule has 208 valence electrons. The highest BCUT2D eigenvalue weighted by Crippen LogP contribution is 2.29. The van der Waals surface area contributed by atoms with Crippen LogP contribution < -0.4 is 20.3 Å². The average Bonchev–Trinajstić information content (AvgIpc) is 2.88. The molecular weight excluding hydrogens is 507 g/mol. The van der Waals surface area contributed by atoms with Crippen LogP contribution in [0, 0.1) is 5.82 Å². The molecule has 1 N–H and O–H groups in total. The van der Waals surface area contributed by atoms with E-state index in [2.05, 4.69) is 25.4 Å². The van der Waals surface area contributed by atoms with Crippen molar-refractivity contribution in [3.63, 3.8) is 0 Å². The van der Waals surface area contributed by atoms with Gasteiger partial charge in [0.05, 0.1) is 22.9 Å². The molecular formula is C27H33FN6O5. The van der Waals surface area contributed by atoms with Crippen molar-refractivity contribution in [1.82, 2.24) is 30.0 Å². The fraction of sp³-hybridized carbons (Fsp3) is 0.519. The van der Waals surface area contributed by atoms with Crippen LogP contribution in [-0.4, -0.2) is 74.7 Å². The molecule has 3 aromatic rings. The van der Waals surface area contributed by atoms with Gasteiger partial charge in [0, 0.05) is 50.1 Å². The fourth-order valence-corrected chi connectivity index (χ4v) is 4.99. The predicted molar refractivity (Wildman–Crippen MR) is 140 cm³/mol. The van der Waals surface area contributed by atoms with Crippen LogP contribution in [0.2, 0.25) is 0 Å². The maximum atomic E-state index is 14.0. The molecule has 0 bridgehead atoms. The lowest BCUT2D eigenvalue weighted by Crippen LogP contribution is -2.49. The van der Waals surface area contributed by atoms with E-state index in [1.807, 2.05) is 26.8 Å². The second kappa shape index (κ2) is 11.1. The second-order valence-electron chi connectivity index (χ2n) is 10.9. The molecule has 0 radical (unpaired) electrons. The van der Waals surface area contributed by atoms with E-state index in [4.69, 9.17) is 14.2 Å². The number of carbonyl (C=O) groups excluding carboxylic acids is 1. The average molecular weight is 541 g/mol. The number of aromatic nitrogens is 4. The van der Waals surface area contributed by atoms with E-state index < -0.39 is 17.4 Å². The Morgan fingerprint density at radius 2 is 2.00 bits per heavy atom. The van der Waals surface area contributed by atoms with Gasteiger partial charge < -0.3 is 24.1 Å². The molecule has 1 amide bonds. The van der Waals surface area contributed by atoms with Crippen LogP contribution in [0.5, 0.6) is 11.6 Å². The van der Waals surface area contributed by atoms with Crippen LogP contribution in [0.3, 0.4) is 0 Å². The Labute approximate surface area is 225 Å². The number of rotatable bonds is 6. The van der Waals surface area contributed by atoms with Crippen LogP contribution in [-0.2, 0) is 17.7 Å². The second-order valence-corrected chi connectivity index (χ2v) is 10.9. The van der Waals surface area contributed by atoms with Gasteiger partial charge in [0.1, 0.15) is 25.1 Å². The molecule has 0 saturated carbocycles. The van der Waals surface area contributed by atoms with E-state index in [9.17, 15) is 14.0 Å². The monoisotopic (exact) mass is 540 g/mol. The normalized spacial score (nSPS) is 19.6. The zero-order chi connectivity index (χ0) is 27.6. The Hall–Kier alpha value is -3.80. The van der Waals surface area contributed by atoms with Gasteiger partial charge in [0.15, 0.2) is 5.75 Å². The Morgan fingerprint density at radius 1 is 1.18 bits per heavy atom. The van der Waals surface area contributed by atoms with Gasteiger partial charge in [-0.3, -0.25) is 9.69 Å². The summed E-state index contributed by atoms with van der Waals surface area (Å²) in [7, 11) is 0. The molecule has 2 unspecified atom stereocenters. The first-order valence-electron chi connectivity index (χ1n) is 13.1. The summed E-state index contributed by atoms with van der Waals surface area (Å²) in [5, 5.41) is 11.3. The van der Waals surface area contributed by atoms with Gasteiger partial charge in [0.25, 0.3) is 11.4 Å². The number of nitrogens with zero attached hydrogens (tertiary/aromatic N) is 5. The fourth-order valence-electron chi connectivity index (χ4n) is 4.99. The zero-order valence-electron chi connectivity index (χ0n) is 22.4. The standard InChI is InChI=1S/C27H33FN6O5/c1-27(2,3)30-26(36)39-20-6-7-33(8-9-34-22-12-17(28)4-5-21(22)29-16-24(34)35)19(15-20)13-18-14-23-25(32-31-18)38-11-10-37-23/h4-5,12,14,16,19-20H,6-11,13,15H2,1-3H3,(H,30,36). The lowest BCUT2D eigenvalue weighted by molar-refractivity contribution is 0.0189. The number of hydrogen-bond donors (Lipinski definition) is 1. The summed E-state index contributed by atoms with van der Waals surface area (Å²) >= 11 is 0. The van der Waals surface area contributed by atoms with Gasteiger partial charge in [0.2, 0.25) is 0 Å². The molecule has 1 saturated heterocycles. The van der Waals surface area contributed by atoms with Crippen LogP contribution in [0.1, 0.15) is 39.3 Å². The molecule has 5 rings (SSSR count). The molecule has 0 aliphatic carbocycles. The van der Waals surface area contributed by atoms with Crippen molar-refractivity contribution in [2.75, 3.05) is 26.3 Å². The van der Waals surface area contributed by atoms with Gasteiger partial charge in [-0.1, -0.05) is 0 Å². The molecule has 39 heavy (non-hydrogen) atoms. The molecule has 12 heteroatoms. The SMILES string of the molecule is CC(C)(C)NC(=O)OC1CCN(CCn2c(=O)cnc3ccc(F)cc32)C(Cc2cc3c(nn2)OCCO3)C1. The smallest absolute Gasteiger partial charge is 0.407 e. The first kappa shape index (κ1) is 26.8. The van der Waals surface area contributed by atoms with E-state index in [0.29, 0.717) is 74.8 Å². The molecule has 11 nitrogen and oxygen atoms in total. The van der Waals surface area contributed by atoms with Gasteiger partial charge in [-0.15, -0.1) is 5.10 Å². The first-order chi connectivity index (χ1) is 18.6. The van der Waals surface area contributed by atoms with Crippen LogP contribution in [0.15, 0.2) is 35.3 Å². The summed E-state index contributed by atoms with van der Waals surface area (Å²) in [6, 6.07) is 6.01. The summed E-state index contributed by atoms with van der Waals surface area (Å²) in [6.45, 7) is 8.09. The predicted octanol–water partition coefficient (Wildman–Crippen LogP) is 2.70. The minimum Gasteiger partial charge on any atom is -0.484 e. The summed E-state index contributed by atoms with van der Waals surface area (Å²) in [5.74, 6) is 0.509. The van der Waals surface area contributed by atoms with Gasteiger partial charge in [-0.2, -0.15) is 5.10 Å². The number of nitrogens with one attached hydrogen (secondary N) is 1. The summed E-state index contributed by atoms with van der Waals surface area (Å²) in [5.41, 5.74) is 1.03. The van der Waals surface area contributed by atoms with Crippen LogP contribution in [0.4, 0.5) is 9.18 Å². The Kier molecular flexibility index (Phi) is 7.65. The Balaban J connectivity index is 1.34. The highest BCUT2D eigenvalue weighted by molar-refractivity contribution is 5.74. The van der Waals surface area contributed by atoms with E-state index in [1.165, 1.54) is 18.3 Å². The maximum absolute atomic E-state index is 14.0. The third-order valence-electron chi connectivity index (χ3n) is 6.76. The number of alkyl carbamates (subject to hydrolysis) is 1.